The third-order valence-corrected chi connectivity index (χ3v) is 10.5. The van der Waals surface area contributed by atoms with E-state index in [2.05, 4.69) is 0 Å². The van der Waals surface area contributed by atoms with E-state index < -0.39 is 106 Å². The van der Waals surface area contributed by atoms with Crippen molar-refractivity contribution in [3.63, 3.8) is 0 Å². The van der Waals surface area contributed by atoms with Gasteiger partial charge in [-0.3, -0.25) is 33.6 Å². The minimum Gasteiger partial charge on any atom is -0.462 e. The lowest BCUT2D eigenvalue weighted by Gasteiger charge is -2.65. The molecule has 0 aromatic heterocycles. The van der Waals surface area contributed by atoms with Crippen LogP contribution in [0.4, 0.5) is 0 Å². The Balaban J connectivity index is 2.28. The molecule has 0 radical (unpaired) electrons. The summed E-state index contributed by atoms with van der Waals surface area (Å²) in [6.45, 7) is 14.8. The maximum Gasteiger partial charge on any atom is 0.303 e. The van der Waals surface area contributed by atoms with Crippen molar-refractivity contribution in [3.05, 3.63) is 11.1 Å². The van der Waals surface area contributed by atoms with Gasteiger partial charge in [0.05, 0.1) is 12.0 Å². The number of rotatable bonds is 7. The summed E-state index contributed by atoms with van der Waals surface area (Å²) >= 11 is 0. The van der Waals surface area contributed by atoms with E-state index in [1.165, 1.54) is 20.8 Å². The smallest absolute Gasteiger partial charge is 0.303 e. The highest BCUT2D eigenvalue weighted by atomic mass is 16.7. The first kappa shape index (κ1) is 37.8. The van der Waals surface area contributed by atoms with Gasteiger partial charge in [0.15, 0.2) is 17.8 Å². The van der Waals surface area contributed by atoms with Gasteiger partial charge < -0.3 is 37.9 Å². The molecule has 0 aromatic rings. The molecule has 1 aliphatic heterocycles. The summed E-state index contributed by atoms with van der Waals surface area (Å²) in [7, 11) is 0. The Kier molecular flexibility index (Phi) is 10.1. The van der Waals surface area contributed by atoms with Crippen molar-refractivity contribution in [2.75, 3.05) is 6.61 Å². The molecule has 10 atom stereocenters. The second-order valence-corrected chi connectivity index (χ2v) is 14.1. The van der Waals surface area contributed by atoms with Gasteiger partial charge in [0.1, 0.15) is 30.0 Å². The van der Waals surface area contributed by atoms with Crippen molar-refractivity contribution < 1.29 is 71.5 Å². The molecular weight excluding hydrogens is 648 g/mol. The van der Waals surface area contributed by atoms with Gasteiger partial charge in [0.25, 0.3) is 0 Å². The number of carbonyl (C=O) groups excluding carboxylic acids is 7. The van der Waals surface area contributed by atoms with Crippen molar-refractivity contribution in [2.45, 2.75) is 137 Å². The second kappa shape index (κ2) is 13.0. The molecule has 0 amide bonds. The molecule has 0 unspecified atom stereocenters. The van der Waals surface area contributed by atoms with Gasteiger partial charge in [-0.15, -0.1) is 0 Å². The molecule has 2 bridgehead atoms. The van der Waals surface area contributed by atoms with E-state index in [4.69, 9.17) is 37.9 Å². The molecule has 2 saturated carbocycles. The van der Waals surface area contributed by atoms with Crippen LogP contribution in [0.1, 0.15) is 89.0 Å². The maximum absolute atomic E-state index is 13.2. The normalized spacial score (nSPS) is 37.2. The van der Waals surface area contributed by atoms with Crippen LogP contribution in [0.25, 0.3) is 0 Å². The summed E-state index contributed by atoms with van der Waals surface area (Å²) in [6, 6.07) is 0. The Bertz CT molecular complexity index is 1470. The molecule has 3 fully saturated rings. The lowest BCUT2D eigenvalue weighted by atomic mass is 9.45. The molecule has 1 spiro atoms. The minimum absolute atomic E-state index is 0.0630. The fraction of sp³-hybridized carbons (Fsp3) is 0.735. The predicted molar refractivity (Wildman–Crippen MR) is 164 cm³/mol. The number of carbonyl (C=O) groups is 7. The lowest BCUT2D eigenvalue weighted by molar-refractivity contribution is -0.288. The standard InChI is InChI=1S/C34H46O15/c1-15-23(43-16(2)35)13-34(49-22(8)41)30(48-21(7)40)28-32(11,24(44-17(3)36)12-25(45-18(4)37)33(28)14-42-33)29(47-20(6)39)27(46-19(5)38)26(15)31(34,9)10/h23-25,27-30H,12-14H2,1-11H3/t23-,24-,25-,27+,28-,29-,30-,32+,33-,34+/m0/s1. The number of esters is 7. The molecule has 272 valence electrons. The van der Waals surface area contributed by atoms with Gasteiger partial charge in [-0.25, -0.2) is 0 Å². The van der Waals surface area contributed by atoms with Crippen LogP contribution in [-0.2, 0) is 71.5 Å². The molecule has 4 aliphatic rings. The first-order valence-electron chi connectivity index (χ1n) is 16.1. The Morgan fingerprint density at radius 1 is 0.633 bits per heavy atom. The third-order valence-electron chi connectivity index (χ3n) is 10.5. The Morgan fingerprint density at radius 2 is 1.10 bits per heavy atom. The first-order chi connectivity index (χ1) is 22.5. The minimum atomic E-state index is -1.91. The summed E-state index contributed by atoms with van der Waals surface area (Å²) in [6.07, 6.45) is -8.34. The van der Waals surface area contributed by atoms with Crippen molar-refractivity contribution in [2.24, 2.45) is 16.7 Å². The lowest BCUT2D eigenvalue weighted by Crippen LogP contribution is -2.77. The van der Waals surface area contributed by atoms with Crippen LogP contribution in [0.2, 0.25) is 0 Å². The summed E-state index contributed by atoms with van der Waals surface area (Å²) in [5, 5.41) is 0. The molecule has 49 heavy (non-hydrogen) atoms. The van der Waals surface area contributed by atoms with Gasteiger partial charge >= 0.3 is 41.8 Å². The fourth-order valence-corrected chi connectivity index (χ4v) is 8.89. The van der Waals surface area contributed by atoms with E-state index in [1.54, 1.807) is 27.7 Å². The number of fused-ring (bicyclic) bond motifs is 4. The molecule has 3 aliphatic carbocycles. The van der Waals surface area contributed by atoms with Crippen molar-refractivity contribution in [3.8, 4) is 0 Å². The topological polar surface area (TPSA) is 197 Å². The number of hydrogen-bond donors (Lipinski definition) is 0. The maximum atomic E-state index is 13.2. The highest BCUT2D eigenvalue weighted by Crippen LogP contribution is 2.67. The zero-order valence-electron chi connectivity index (χ0n) is 29.8. The molecule has 15 nitrogen and oxygen atoms in total. The zero-order chi connectivity index (χ0) is 37.0. The molecule has 15 heteroatoms. The van der Waals surface area contributed by atoms with Gasteiger partial charge in [-0.2, -0.15) is 0 Å². The van der Waals surface area contributed by atoms with Gasteiger partial charge in [0.2, 0.25) is 0 Å². The first-order valence-corrected chi connectivity index (χ1v) is 16.1. The molecule has 0 N–H and O–H groups in total. The second-order valence-electron chi connectivity index (χ2n) is 14.1. The predicted octanol–water partition coefficient (Wildman–Crippen LogP) is 2.43. The van der Waals surface area contributed by atoms with E-state index in [0.29, 0.717) is 5.57 Å². The zero-order valence-corrected chi connectivity index (χ0v) is 29.8. The largest absolute Gasteiger partial charge is 0.462 e. The molecule has 4 rings (SSSR count). The monoisotopic (exact) mass is 694 g/mol. The molecule has 1 saturated heterocycles. The van der Waals surface area contributed by atoms with E-state index in [9.17, 15) is 33.6 Å². The highest BCUT2D eigenvalue weighted by molar-refractivity contribution is 5.71. The molecule has 1 heterocycles. The van der Waals surface area contributed by atoms with E-state index >= 15 is 0 Å². The summed E-state index contributed by atoms with van der Waals surface area (Å²) < 4.78 is 48.5. The van der Waals surface area contributed by atoms with Crippen LogP contribution in [0.15, 0.2) is 11.1 Å². The number of epoxide rings is 1. The summed E-state index contributed by atoms with van der Waals surface area (Å²) in [5.74, 6) is -6.53. The van der Waals surface area contributed by atoms with Crippen LogP contribution in [0, 0.1) is 16.7 Å². The van der Waals surface area contributed by atoms with Crippen molar-refractivity contribution in [1.82, 2.24) is 0 Å². The van der Waals surface area contributed by atoms with Crippen LogP contribution in [0.5, 0.6) is 0 Å². The van der Waals surface area contributed by atoms with E-state index in [-0.39, 0.29) is 25.0 Å². The summed E-state index contributed by atoms with van der Waals surface area (Å²) in [5.41, 5.74) is -5.83. The third kappa shape index (κ3) is 6.41. The van der Waals surface area contributed by atoms with E-state index in [0.717, 1.165) is 27.7 Å². The van der Waals surface area contributed by atoms with Gasteiger partial charge in [0, 0.05) is 72.6 Å². The average molecular weight is 695 g/mol. The van der Waals surface area contributed by atoms with Gasteiger partial charge in [-0.05, 0) is 18.1 Å². The quantitative estimate of drug-likeness (QED) is 0.163. The number of hydrogen-bond acceptors (Lipinski definition) is 15. The number of ether oxygens (including phenoxy) is 8. The van der Waals surface area contributed by atoms with Crippen molar-refractivity contribution in [1.29, 1.82) is 0 Å². The van der Waals surface area contributed by atoms with Crippen LogP contribution in [0.3, 0.4) is 0 Å². The van der Waals surface area contributed by atoms with Gasteiger partial charge in [-0.1, -0.05) is 20.8 Å². The average Bonchev–Trinajstić information content (AvgIpc) is 3.71. The fourth-order valence-electron chi connectivity index (χ4n) is 8.89. The molecular formula is C34H46O15. The van der Waals surface area contributed by atoms with Crippen LogP contribution in [-0.4, -0.2) is 96.2 Å². The highest BCUT2D eigenvalue weighted by Gasteiger charge is 2.81. The van der Waals surface area contributed by atoms with Crippen LogP contribution < -0.4 is 0 Å². The van der Waals surface area contributed by atoms with Crippen LogP contribution >= 0.6 is 0 Å². The Morgan fingerprint density at radius 3 is 1.55 bits per heavy atom. The Labute approximate surface area is 284 Å². The molecule has 0 aromatic carbocycles. The Hall–Kier alpha value is -4.01. The SMILES string of the molecule is CC(=O)O[C@H]1C[C@@]2(OC(C)=O)[C@@H](OC(C)=O)[C@@H]3[C@]4(CO4)[C@@H](OC(C)=O)C[C@H](OC(C)=O)[C@@]3(C)[C@@H](OC(C)=O)[C@H](OC(C)=O)C(=C1C)C2(C)C. The van der Waals surface area contributed by atoms with E-state index in [1.807, 2.05) is 0 Å². The summed E-state index contributed by atoms with van der Waals surface area (Å²) in [4.78, 5) is 90.3. The van der Waals surface area contributed by atoms with Crippen molar-refractivity contribution >= 4 is 41.8 Å².